The van der Waals surface area contributed by atoms with E-state index in [1.807, 2.05) is 50.2 Å². The molecule has 1 aliphatic rings. The second kappa shape index (κ2) is 13.8. The van der Waals surface area contributed by atoms with E-state index in [2.05, 4.69) is 135 Å². The summed E-state index contributed by atoms with van der Waals surface area (Å²) in [4.78, 5) is 15.5. The van der Waals surface area contributed by atoms with Gasteiger partial charge in [-0.05, 0) is 90.8 Å². The van der Waals surface area contributed by atoms with E-state index >= 15 is 0 Å². The highest BCUT2D eigenvalue weighted by Gasteiger charge is 2.38. The minimum atomic E-state index is -0.115. The third-order valence-electron chi connectivity index (χ3n) is 12.4. The molecule has 0 aliphatic heterocycles. The fourth-order valence-electron chi connectivity index (χ4n) is 9.87. The molecule has 1 aliphatic carbocycles. The van der Waals surface area contributed by atoms with Crippen LogP contribution in [0.4, 0.5) is 0 Å². The Morgan fingerprint density at radius 3 is 1.76 bits per heavy atom. The molecule has 58 heavy (non-hydrogen) atoms. The topological polar surface area (TPSA) is 43.6 Å². The Hall–Kier alpha value is -6.65. The second-order valence-corrected chi connectivity index (χ2v) is 15.8. The molecular weight excluding hydrogens is 705 g/mol. The van der Waals surface area contributed by atoms with Crippen molar-refractivity contribution in [2.75, 3.05) is 0 Å². The van der Waals surface area contributed by atoms with Crippen molar-refractivity contribution in [2.24, 2.45) is 0 Å². The smallest absolute Gasteiger partial charge is 0.238 e. The molecule has 0 radical (unpaired) electrons. The zero-order valence-corrected chi connectivity index (χ0v) is 33.9. The average Bonchev–Trinajstić information content (AvgIpc) is 3.73. The molecular formula is C54H46N4. The number of nitrogens with zero attached hydrogens (tertiary/aromatic N) is 4. The predicted octanol–water partition coefficient (Wildman–Crippen LogP) is 14.8. The van der Waals surface area contributed by atoms with Crippen molar-refractivity contribution < 1.29 is 0 Å². The van der Waals surface area contributed by atoms with Crippen LogP contribution in [0.3, 0.4) is 0 Å². The van der Waals surface area contributed by atoms with Crippen molar-refractivity contribution in [1.82, 2.24) is 19.5 Å². The largest absolute Gasteiger partial charge is 0.278 e. The summed E-state index contributed by atoms with van der Waals surface area (Å²) in [6, 6.07) is 47.9. The SMILES string of the molecule is C=CC1=C(CCCC)C(C)(C)c2cc3c4cc5c(c6cccc(c7cccc(c21)c73)c46)c1ccccc1n5-c1nc(-c2ccccc2)nc(-c2ccccc2)n1.CC. The summed E-state index contributed by atoms with van der Waals surface area (Å²) < 4.78 is 2.27. The van der Waals surface area contributed by atoms with Crippen LogP contribution in [-0.2, 0) is 5.41 Å². The number of fused-ring (bicyclic) bond motifs is 8. The van der Waals surface area contributed by atoms with Gasteiger partial charge in [0.25, 0.3) is 0 Å². The van der Waals surface area contributed by atoms with Gasteiger partial charge in [-0.3, -0.25) is 4.57 Å². The van der Waals surface area contributed by atoms with Gasteiger partial charge in [-0.2, -0.15) is 9.97 Å². The molecule has 2 aromatic heterocycles. The van der Waals surface area contributed by atoms with Crippen LogP contribution in [0.2, 0.25) is 0 Å². The molecule has 282 valence electrons. The standard InChI is InChI=1S/C52H40N4.C2H6/c1-5-7-27-41-33(6-2)47-37-25-16-23-34-35-24-17-26-38-46(35)40(39(45(34)37)29-42(47)52(41,3)4)30-44-48(38)36-22-14-15-28-43(36)56(44)51-54-49(31-18-10-8-11-19-31)53-50(55-51)32-20-12-9-13-21-32;1-2/h6,8-26,28-30H,2,5,7,27H2,1,3-4H3;1-2H3. The fraction of sp³-hybridized carbons (Fsp3) is 0.167. The number of allylic oxidation sites excluding steroid dienone is 3. The highest BCUT2D eigenvalue weighted by molar-refractivity contribution is 6.39. The van der Waals surface area contributed by atoms with Crippen LogP contribution in [0.1, 0.15) is 65.0 Å². The molecule has 0 unspecified atom stereocenters. The minimum Gasteiger partial charge on any atom is -0.278 e. The van der Waals surface area contributed by atoms with Crippen molar-refractivity contribution >= 4 is 70.5 Å². The van der Waals surface area contributed by atoms with E-state index in [1.54, 1.807) is 0 Å². The molecule has 0 amide bonds. The lowest BCUT2D eigenvalue weighted by atomic mass is 9.77. The lowest BCUT2D eigenvalue weighted by Gasteiger charge is -2.26. The molecule has 0 saturated heterocycles. The fourth-order valence-corrected chi connectivity index (χ4v) is 9.87. The number of rotatable bonds is 7. The van der Waals surface area contributed by atoms with Crippen molar-refractivity contribution in [3.63, 3.8) is 0 Å². The minimum absolute atomic E-state index is 0.115. The van der Waals surface area contributed by atoms with Crippen molar-refractivity contribution in [3.05, 3.63) is 163 Å². The lowest BCUT2D eigenvalue weighted by Crippen LogP contribution is -2.17. The van der Waals surface area contributed by atoms with Crippen LogP contribution in [0, 0.1) is 0 Å². The zero-order valence-electron chi connectivity index (χ0n) is 33.9. The van der Waals surface area contributed by atoms with Gasteiger partial charge < -0.3 is 0 Å². The van der Waals surface area contributed by atoms with E-state index in [0.717, 1.165) is 28.6 Å². The Bertz CT molecular complexity index is 3200. The van der Waals surface area contributed by atoms with Crippen LogP contribution in [-0.4, -0.2) is 19.5 Å². The predicted molar refractivity (Wildman–Crippen MR) is 247 cm³/mol. The van der Waals surface area contributed by atoms with E-state index in [0.29, 0.717) is 17.6 Å². The molecule has 11 rings (SSSR count). The third-order valence-corrected chi connectivity index (χ3v) is 12.4. The monoisotopic (exact) mass is 750 g/mol. The molecule has 0 saturated carbocycles. The maximum absolute atomic E-state index is 5.26. The molecule has 0 bridgehead atoms. The van der Waals surface area contributed by atoms with E-state index in [9.17, 15) is 0 Å². The first-order valence-corrected chi connectivity index (χ1v) is 20.8. The number of hydrogen-bond donors (Lipinski definition) is 0. The first kappa shape index (κ1) is 35.7. The van der Waals surface area contributed by atoms with E-state index in [4.69, 9.17) is 15.0 Å². The molecule has 0 N–H and O–H groups in total. The molecule has 4 nitrogen and oxygen atoms in total. The second-order valence-electron chi connectivity index (χ2n) is 15.8. The van der Waals surface area contributed by atoms with Gasteiger partial charge in [0.2, 0.25) is 5.95 Å². The van der Waals surface area contributed by atoms with Crippen LogP contribution < -0.4 is 0 Å². The quantitative estimate of drug-likeness (QED) is 0.120. The number of hydrogen-bond acceptors (Lipinski definition) is 3. The molecule has 10 aromatic rings. The van der Waals surface area contributed by atoms with Crippen molar-refractivity contribution in [1.29, 1.82) is 0 Å². The summed E-state index contributed by atoms with van der Waals surface area (Å²) in [6.45, 7) is 15.5. The van der Waals surface area contributed by atoms with Crippen LogP contribution in [0.5, 0.6) is 0 Å². The first-order chi connectivity index (χ1) is 28.5. The normalized spacial score (nSPS) is 13.6. The number of unbranched alkanes of at least 4 members (excludes halogenated alkanes) is 1. The number of para-hydroxylation sites is 1. The van der Waals surface area contributed by atoms with Crippen molar-refractivity contribution in [3.8, 4) is 28.7 Å². The number of benzene rings is 8. The van der Waals surface area contributed by atoms with Crippen LogP contribution in [0.25, 0.3) is 99.2 Å². The van der Waals surface area contributed by atoms with Crippen molar-refractivity contribution in [2.45, 2.75) is 59.3 Å². The van der Waals surface area contributed by atoms with Gasteiger partial charge in [-0.1, -0.05) is 175 Å². The lowest BCUT2D eigenvalue weighted by molar-refractivity contribution is 0.593. The summed E-state index contributed by atoms with van der Waals surface area (Å²) in [6.07, 6.45) is 5.53. The molecule has 2 heterocycles. The van der Waals surface area contributed by atoms with Gasteiger partial charge in [-0.15, -0.1) is 0 Å². The van der Waals surface area contributed by atoms with E-state index < -0.39 is 0 Å². The van der Waals surface area contributed by atoms with E-state index in [1.165, 1.54) is 89.0 Å². The molecule has 8 aromatic carbocycles. The average molecular weight is 751 g/mol. The molecule has 0 spiro atoms. The Morgan fingerprint density at radius 1 is 0.569 bits per heavy atom. The molecule has 4 heteroatoms. The van der Waals surface area contributed by atoms with E-state index in [-0.39, 0.29) is 5.41 Å². The van der Waals surface area contributed by atoms with Gasteiger partial charge in [0.05, 0.1) is 11.0 Å². The Balaban J connectivity index is 0.00000201. The van der Waals surface area contributed by atoms with Gasteiger partial charge in [-0.25, -0.2) is 4.98 Å². The van der Waals surface area contributed by atoms with Crippen LogP contribution in [0.15, 0.2) is 152 Å². The zero-order chi connectivity index (χ0) is 39.7. The summed E-state index contributed by atoms with van der Waals surface area (Å²) in [5.74, 6) is 1.89. The summed E-state index contributed by atoms with van der Waals surface area (Å²) in [7, 11) is 0. The Kier molecular flexibility index (Phi) is 8.49. The van der Waals surface area contributed by atoms with Gasteiger partial charge in [0.15, 0.2) is 11.6 Å². The Morgan fingerprint density at radius 2 is 1.12 bits per heavy atom. The van der Waals surface area contributed by atoms with Crippen LogP contribution >= 0.6 is 0 Å². The highest BCUT2D eigenvalue weighted by Crippen LogP contribution is 2.54. The van der Waals surface area contributed by atoms with Gasteiger partial charge >= 0.3 is 0 Å². The van der Waals surface area contributed by atoms with Gasteiger partial charge in [0, 0.05) is 27.3 Å². The Labute approximate surface area is 339 Å². The number of aromatic nitrogens is 4. The summed E-state index contributed by atoms with van der Waals surface area (Å²) in [5, 5.41) is 12.7. The first-order valence-electron chi connectivity index (χ1n) is 20.8. The maximum atomic E-state index is 5.26. The molecule has 0 fully saturated rings. The summed E-state index contributed by atoms with van der Waals surface area (Å²) in [5.41, 5.74) is 9.50. The summed E-state index contributed by atoms with van der Waals surface area (Å²) >= 11 is 0. The maximum Gasteiger partial charge on any atom is 0.238 e. The highest BCUT2D eigenvalue weighted by atomic mass is 15.2. The van der Waals surface area contributed by atoms with Gasteiger partial charge in [0.1, 0.15) is 0 Å². The molecule has 0 atom stereocenters. The third kappa shape index (κ3) is 5.10.